The smallest absolute Gasteiger partial charge is 0.250 e. The van der Waals surface area contributed by atoms with Crippen LogP contribution >= 0.6 is 27.7 Å². The Morgan fingerprint density at radius 2 is 1.84 bits per heavy atom. The molecule has 6 nitrogen and oxygen atoms in total. The van der Waals surface area contributed by atoms with Gasteiger partial charge in [0.25, 0.3) is 5.91 Å². The number of carbonyl (C=O) groups is 1. The van der Waals surface area contributed by atoms with Crippen molar-refractivity contribution in [2.24, 2.45) is 5.10 Å². The molecule has 4 rings (SSSR count). The molecular formula is C23H17BrFN5OS. The molecule has 0 bridgehead atoms. The summed E-state index contributed by atoms with van der Waals surface area (Å²) in [4.78, 5) is 12.3. The average Bonchev–Trinajstić information content (AvgIpc) is 3.23. The number of nitrogens with one attached hydrogen (secondary N) is 1. The van der Waals surface area contributed by atoms with Crippen LogP contribution in [0.2, 0.25) is 0 Å². The van der Waals surface area contributed by atoms with Gasteiger partial charge in [0.15, 0.2) is 11.0 Å². The number of halogens is 2. The molecule has 4 aromatic rings. The van der Waals surface area contributed by atoms with E-state index in [0.717, 1.165) is 15.7 Å². The summed E-state index contributed by atoms with van der Waals surface area (Å²) in [5.41, 5.74) is 4.80. The summed E-state index contributed by atoms with van der Waals surface area (Å²) < 4.78 is 16.1. The van der Waals surface area contributed by atoms with E-state index in [0.29, 0.717) is 16.5 Å². The van der Waals surface area contributed by atoms with Crippen molar-refractivity contribution in [2.45, 2.75) is 5.16 Å². The Kier molecular flexibility index (Phi) is 7.08. The Morgan fingerprint density at radius 3 is 2.59 bits per heavy atom. The van der Waals surface area contributed by atoms with Crippen molar-refractivity contribution in [1.82, 2.24) is 20.2 Å². The van der Waals surface area contributed by atoms with Crippen molar-refractivity contribution in [3.8, 4) is 17.1 Å². The highest BCUT2D eigenvalue weighted by Gasteiger charge is 2.17. The first-order valence-corrected chi connectivity index (χ1v) is 11.3. The highest BCUT2D eigenvalue weighted by molar-refractivity contribution is 9.10. The molecular weight excluding hydrogens is 493 g/mol. The number of amides is 1. The van der Waals surface area contributed by atoms with E-state index in [1.54, 1.807) is 12.1 Å². The molecule has 3 aromatic carbocycles. The molecule has 0 aliphatic heterocycles. The third-order valence-electron chi connectivity index (χ3n) is 4.33. The second-order valence-electron chi connectivity index (χ2n) is 6.62. The molecule has 1 N–H and O–H groups in total. The molecule has 0 saturated carbocycles. The summed E-state index contributed by atoms with van der Waals surface area (Å²) in [7, 11) is 0. The zero-order valence-corrected chi connectivity index (χ0v) is 19.1. The lowest BCUT2D eigenvalue weighted by molar-refractivity contribution is -0.118. The van der Waals surface area contributed by atoms with Gasteiger partial charge >= 0.3 is 0 Å². The predicted molar refractivity (Wildman–Crippen MR) is 127 cm³/mol. The standard InChI is InChI=1S/C23H17BrFN5OS/c24-18-9-11-20(12-10-18)30-22(17-6-2-1-3-7-17)28-29-23(30)32-15-21(31)27-26-14-16-5-4-8-19(25)13-16/h1-14H,15H2,(H,27,31)/b26-14+. The van der Waals surface area contributed by atoms with Crippen LogP contribution < -0.4 is 5.43 Å². The Balaban J connectivity index is 1.50. The molecule has 9 heteroatoms. The van der Waals surface area contributed by atoms with Crippen molar-refractivity contribution in [3.63, 3.8) is 0 Å². The third-order valence-corrected chi connectivity index (χ3v) is 5.79. The molecule has 1 aromatic heterocycles. The van der Waals surface area contributed by atoms with E-state index in [1.807, 2.05) is 59.2 Å². The number of thioether (sulfide) groups is 1. The summed E-state index contributed by atoms with van der Waals surface area (Å²) in [5, 5.41) is 13.1. The normalized spacial score (nSPS) is 11.1. The fourth-order valence-corrected chi connectivity index (χ4v) is 3.90. The van der Waals surface area contributed by atoms with E-state index >= 15 is 0 Å². The summed E-state index contributed by atoms with van der Waals surface area (Å²) in [5.74, 6) is 0.0933. The summed E-state index contributed by atoms with van der Waals surface area (Å²) in [6.45, 7) is 0. The number of hydrazone groups is 1. The molecule has 160 valence electrons. The number of hydrogen-bond acceptors (Lipinski definition) is 5. The maximum Gasteiger partial charge on any atom is 0.250 e. The Hall–Kier alpha value is -3.30. The Bertz CT molecular complexity index is 1240. The molecule has 0 aliphatic rings. The zero-order valence-electron chi connectivity index (χ0n) is 16.7. The quantitative estimate of drug-likeness (QED) is 0.214. The van der Waals surface area contributed by atoms with E-state index in [9.17, 15) is 9.18 Å². The largest absolute Gasteiger partial charge is 0.272 e. The zero-order chi connectivity index (χ0) is 22.3. The van der Waals surface area contributed by atoms with Gasteiger partial charge in [0.05, 0.1) is 12.0 Å². The monoisotopic (exact) mass is 509 g/mol. The third kappa shape index (κ3) is 5.49. The Morgan fingerprint density at radius 1 is 1.06 bits per heavy atom. The van der Waals surface area contributed by atoms with Crippen LogP contribution in [0.3, 0.4) is 0 Å². The van der Waals surface area contributed by atoms with Gasteiger partial charge in [-0.1, -0.05) is 70.2 Å². The van der Waals surface area contributed by atoms with Crippen LogP contribution in [-0.2, 0) is 4.79 Å². The topological polar surface area (TPSA) is 72.2 Å². The first-order chi connectivity index (χ1) is 15.6. The van der Waals surface area contributed by atoms with Crippen LogP contribution in [0.25, 0.3) is 17.1 Å². The van der Waals surface area contributed by atoms with Gasteiger partial charge in [0.1, 0.15) is 5.82 Å². The predicted octanol–water partition coefficient (Wildman–Crippen LogP) is 5.08. The minimum absolute atomic E-state index is 0.0872. The van der Waals surface area contributed by atoms with Crippen LogP contribution in [-0.4, -0.2) is 32.6 Å². The molecule has 0 unspecified atom stereocenters. The first-order valence-electron chi connectivity index (χ1n) is 9.57. The van der Waals surface area contributed by atoms with Gasteiger partial charge in [-0.3, -0.25) is 9.36 Å². The highest BCUT2D eigenvalue weighted by Crippen LogP contribution is 2.28. The highest BCUT2D eigenvalue weighted by atomic mass is 79.9. The molecule has 0 atom stereocenters. The first kappa shape index (κ1) is 21.9. The van der Waals surface area contributed by atoms with Crippen molar-refractivity contribution in [3.05, 3.63) is 94.7 Å². The lowest BCUT2D eigenvalue weighted by atomic mass is 10.2. The SMILES string of the molecule is O=C(CSc1nnc(-c2ccccc2)n1-c1ccc(Br)cc1)N/N=C/c1cccc(F)c1. The van der Waals surface area contributed by atoms with Crippen molar-refractivity contribution in [2.75, 3.05) is 5.75 Å². The number of rotatable bonds is 7. The summed E-state index contributed by atoms with van der Waals surface area (Å²) in [6, 6.07) is 23.5. The van der Waals surface area contributed by atoms with Crippen LogP contribution in [0, 0.1) is 5.82 Å². The van der Waals surface area contributed by atoms with Crippen molar-refractivity contribution < 1.29 is 9.18 Å². The van der Waals surface area contributed by atoms with Gasteiger partial charge in [-0.25, -0.2) is 9.82 Å². The number of nitrogens with zero attached hydrogens (tertiary/aromatic N) is 4. The number of benzene rings is 3. The van der Waals surface area contributed by atoms with Gasteiger partial charge in [0, 0.05) is 15.7 Å². The summed E-state index contributed by atoms with van der Waals surface area (Å²) in [6.07, 6.45) is 1.39. The van der Waals surface area contributed by atoms with E-state index in [4.69, 9.17) is 0 Å². The molecule has 0 radical (unpaired) electrons. The van der Waals surface area contributed by atoms with E-state index in [-0.39, 0.29) is 17.5 Å². The van der Waals surface area contributed by atoms with Crippen molar-refractivity contribution in [1.29, 1.82) is 0 Å². The molecule has 0 spiro atoms. The molecule has 0 aliphatic carbocycles. The lowest BCUT2D eigenvalue weighted by Gasteiger charge is -2.10. The molecule has 1 amide bonds. The molecule has 1 heterocycles. The van der Waals surface area contributed by atoms with Crippen LogP contribution in [0.15, 0.2) is 93.6 Å². The minimum Gasteiger partial charge on any atom is -0.272 e. The fraction of sp³-hybridized carbons (Fsp3) is 0.0435. The van der Waals surface area contributed by atoms with E-state index in [1.165, 1.54) is 30.1 Å². The maximum absolute atomic E-state index is 13.2. The second-order valence-corrected chi connectivity index (χ2v) is 8.48. The van der Waals surface area contributed by atoms with Gasteiger partial charge < -0.3 is 0 Å². The summed E-state index contributed by atoms with van der Waals surface area (Å²) >= 11 is 4.70. The van der Waals surface area contributed by atoms with E-state index < -0.39 is 0 Å². The van der Waals surface area contributed by atoms with E-state index in [2.05, 4.69) is 36.7 Å². The van der Waals surface area contributed by atoms with Crippen LogP contribution in [0.1, 0.15) is 5.56 Å². The number of hydrogen-bond donors (Lipinski definition) is 1. The van der Waals surface area contributed by atoms with Gasteiger partial charge in [-0.2, -0.15) is 5.10 Å². The molecule has 32 heavy (non-hydrogen) atoms. The minimum atomic E-state index is -0.364. The number of carbonyl (C=O) groups excluding carboxylic acids is 1. The number of aromatic nitrogens is 3. The second kappa shape index (κ2) is 10.3. The lowest BCUT2D eigenvalue weighted by Crippen LogP contribution is -2.20. The van der Waals surface area contributed by atoms with Crippen molar-refractivity contribution >= 4 is 39.8 Å². The molecule has 0 fully saturated rings. The maximum atomic E-state index is 13.2. The Labute approximate surface area is 196 Å². The average molecular weight is 510 g/mol. The fourth-order valence-electron chi connectivity index (χ4n) is 2.89. The van der Waals surface area contributed by atoms with Gasteiger partial charge in [-0.05, 0) is 42.0 Å². The van der Waals surface area contributed by atoms with Crippen LogP contribution in [0.5, 0.6) is 0 Å². The van der Waals surface area contributed by atoms with Gasteiger partial charge in [-0.15, -0.1) is 10.2 Å². The van der Waals surface area contributed by atoms with Gasteiger partial charge in [0.2, 0.25) is 0 Å². The molecule has 0 saturated heterocycles. The van der Waals surface area contributed by atoms with Crippen LogP contribution in [0.4, 0.5) is 4.39 Å².